The summed E-state index contributed by atoms with van der Waals surface area (Å²) in [5, 5.41) is 11.2. The summed E-state index contributed by atoms with van der Waals surface area (Å²) in [6, 6.07) is 26.5. The summed E-state index contributed by atoms with van der Waals surface area (Å²) >= 11 is 0. The molecule has 4 atom stereocenters. The first kappa shape index (κ1) is 18.3. The van der Waals surface area contributed by atoms with Crippen molar-refractivity contribution in [3.63, 3.8) is 0 Å². The molecular formula is C25H22O3. The average molecular weight is 370 g/mol. The number of aliphatic hydroxyl groups excluding tert-OH is 1. The highest BCUT2D eigenvalue weighted by molar-refractivity contribution is 6.01. The minimum Gasteiger partial charge on any atom is -0.388 e. The fraction of sp³-hybridized carbons (Fsp3) is 0.200. The number of hydrogen-bond donors (Lipinski definition) is 1. The van der Waals surface area contributed by atoms with Gasteiger partial charge in [0.05, 0.1) is 12.0 Å². The van der Waals surface area contributed by atoms with Gasteiger partial charge in [-0.25, -0.2) is 0 Å². The molecule has 28 heavy (non-hydrogen) atoms. The maximum atomic E-state index is 13.5. The van der Waals surface area contributed by atoms with Crippen molar-refractivity contribution in [3.8, 4) is 0 Å². The standard InChI is InChI=1S/C25H22O3/c26-16-15-21-22(17-9-3-1-4-10-17)25(28)20-14-8-7-13-19(20)23(21)24(27)18-11-5-2-6-12-18/h1-14,16,21-23,25,28H,15H2/t21-,22-,23?,25+/m0/s1. The molecular weight excluding hydrogens is 348 g/mol. The van der Waals surface area contributed by atoms with Crippen LogP contribution >= 0.6 is 0 Å². The van der Waals surface area contributed by atoms with Gasteiger partial charge in [0.2, 0.25) is 0 Å². The summed E-state index contributed by atoms with van der Waals surface area (Å²) in [5.74, 6) is -1.11. The fourth-order valence-electron chi connectivity index (χ4n) is 4.55. The number of Topliss-reactive ketones (excluding diaryl/α,β-unsaturated/α-hetero) is 1. The number of rotatable bonds is 5. The Morgan fingerprint density at radius 2 is 1.39 bits per heavy atom. The molecule has 1 unspecified atom stereocenters. The van der Waals surface area contributed by atoms with Crippen LogP contribution in [0.4, 0.5) is 0 Å². The first-order valence-corrected chi connectivity index (χ1v) is 9.57. The molecule has 0 saturated heterocycles. The molecule has 140 valence electrons. The van der Waals surface area contributed by atoms with E-state index in [1.54, 1.807) is 0 Å². The number of carbonyl (C=O) groups is 2. The second kappa shape index (κ2) is 7.91. The lowest BCUT2D eigenvalue weighted by atomic mass is 9.62. The van der Waals surface area contributed by atoms with E-state index in [1.807, 2.05) is 84.9 Å². The second-order valence-electron chi connectivity index (χ2n) is 7.28. The van der Waals surface area contributed by atoms with Crippen molar-refractivity contribution < 1.29 is 14.7 Å². The van der Waals surface area contributed by atoms with Crippen LogP contribution < -0.4 is 0 Å². The predicted octanol–water partition coefficient (Wildman–Crippen LogP) is 4.69. The van der Waals surface area contributed by atoms with Crippen LogP contribution in [0.25, 0.3) is 0 Å². The summed E-state index contributed by atoms with van der Waals surface area (Å²) in [4.78, 5) is 25.1. The molecule has 1 N–H and O–H groups in total. The molecule has 0 radical (unpaired) electrons. The second-order valence-corrected chi connectivity index (χ2v) is 7.28. The zero-order valence-electron chi connectivity index (χ0n) is 15.4. The number of benzene rings is 3. The minimum atomic E-state index is -0.761. The molecule has 0 amide bonds. The van der Waals surface area contributed by atoms with E-state index < -0.39 is 12.0 Å². The molecule has 3 nitrogen and oxygen atoms in total. The van der Waals surface area contributed by atoms with Gasteiger partial charge in [0, 0.05) is 17.9 Å². The van der Waals surface area contributed by atoms with Crippen molar-refractivity contribution in [2.45, 2.75) is 24.4 Å². The third-order valence-electron chi connectivity index (χ3n) is 5.77. The lowest BCUT2D eigenvalue weighted by Crippen LogP contribution is -2.36. The summed E-state index contributed by atoms with van der Waals surface area (Å²) in [6.45, 7) is 0. The molecule has 4 rings (SSSR count). The van der Waals surface area contributed by atoms with Crippen LogP contribution in [0.1, 0.15) is 51.4 Å². The quantitative estimate of drug-likeness (QED) is 0.524. The largest absolute Gasteiger partial charge is 0.388 e. The minimum absolute atomic E-state index is 0.00673. The molecule has 0 bridgehead atoms. The zero-order valence-corrected chi connectivity index (χ0v) is 15.4. The Kier molecular flexibility index (Phi) is 5.18. The van der Waals surface area contributed by atoms with E-state index in [0.717, 1.165) is 23.0 Å². The van der Waals surface area contributed by atoms with Gasteiger partial charge in [-0.1, -0.05) is 84.9 Å². The van der Waals surface area contributed by atoms with Gasteiger partial charge in [0.25, 0.3) is 0 Å². The van der Waals surface area contributed by atoms with Crippen molar-refractivity contribution >= 4 is 12.1 Å². The highest BCUT2D eigenvalue weighted by Crippen LogP contribution is 2.52. The Morgan fingerprint density at radius 3 is 2.04 bits per heavy atom. The molecule has 1 aliphatic rings. The molecule has 0 aromatic heterocycles. The van der Waals surface area contributed by atoms with Crippen molar-refractivity contribution in [1.29, 1.82) is 0 Å². The van der Waals surface area contributed by atoms with Crippen LogP contribution in [0.5, 0.6) is 0 Å². The van der Waals surface area contributed by atoms with Crippen LogP contribution in [0.3, 0.4) is 0 Å². The lowest BCUT2D eigenvalue weighted by molar-refractivity contribution is -0.109. The van der Waals surface area contributed by atoms with E-state index in [4.69, 9.17) is 0 Å². The third-order valence-corrected chi connectivity index (χ3v) is 5.77. The molecule has 1 aliphatic carbocycles. The van der Waals surface area contributed by atoms with Crippen LogP contribution in [0.2, 0.25) is 0 Å². The van der Waals surface area contributed by atoms with Gasteiger partial charge >= 0.3 is 0 Å². The molecule has 0 spiro atoms. The van der Waals surface area contributed by atoms with Gasteiger partial charge in [0.1, 0.15) is 6.29 Å². The van der Waals surface area contributed by atoms with E-state index in [9.17, 15) is 14.7 Å². The van der Waals surface area contributed by atoms with Gasteiger partial charge in [-0.3, -0.25) is 4.79 Å². The van der Waals surface area contributed by atoms with Gasteiger partial charge in [-0.15, -0.1) is 0 Å². The van der Waals surface area contributed by atoms with Crippen LogP contribution in [-0.4, -0.2) is 17.2 Å². The highest BCUT2D eigenvalue weighted by Gasteiger charge is 2.45. The highest BCUT2D eigenvalue weighted by atomic mass is 16.3. The number of fused-ring (bicyclic) bond motifs is 1. The van der Waals surface area contributed by atoms with E-state index in [1.165, 1.54) is 0 Å². The van der Waals surface area contributed by atoms with Crippen molar-refractivity contribution in [2.75, 3.05) is 0 Å². The Bertz CT molecular complexity index is 965. The maximum Gasteiger partial charge on any atom is 0.170 e. The number of aliphatic hydroxyl groups is 1. The number of carbonyl (C=O) groups excluding carboxylic acids is 2. The SMILES string of the molecule is O=CC[C@@H]1C(C(=O)c2ccccc2)c2ccccc2[C@@H](O)[C@H]1c1ccccc1. The summed E-state index contributed by atoms with van der Waals surface area (Å²) in [7, 11) is 0. The predicted molar refractivity (Wildman–Crippen MR) is 108 cm³/mol. The van der Waals surface area contributed by atoms with E-state index >= 15 is 0 Å². The molecule has 0 fully saturated rings. The first-order valence-electron chi connectivity index (χ1n) is 9.57. The van der Waals surface area contributed by atoms with Gasteiger partial charge < -0.3 is 9.90 Å². The maximum absolute atomic E-state index is 13.5. The first-order chi connectivity index (χ1) is 13.7. The van der Waals surface area contributed by atoms with E-state index in [2.05, 4.69) is 0 Å². The summed E-state index contributed by atoms with van der Waals surface area (Å²) in [6.07, 6.45) is 0.323. The summed E-state index contributed by atoms with van der Waals surface area (Å²) in [5.41, 5.74) is 3.17. The Hall–Kier alpha value is -3.04. The number of hydrogen-bond acceptors (Lipinski definition) is 3. The monoisotopic (exact) mass is 370 g/mol. The average Bonchev–Trinajstić information content (AvgIpc) is 2.75. The lowest BCUT2D eigenvalue weighted by Gasteiger charge is -2.41. The molecule has 3 heteroatoms. The topological polar surface area (TPSA) is 54.4 Å². The van der Waals surface area contributed by atoms with E-state index in [-0.39, 0.29) is 24.0 Å². The van der Waals surface area contributed by atoms with Gasteiger partial charge in [-0.2, -0.15) is 0 Å². The normalized spacial score (nSPS) is 23.6. The smallest absolute Gasteiger partial charge is 0.170 e. The Morgan fingerprint density at radius 1 is 0.821 bits per heavy atom. The molecule has 0 heterocycles. The third kappa shape index (κ3) is 3.19. The summed E-state index contributed by atoms with van der Waals surface area (Å²) < 4.78 is 0. The van der Waals surface area contributed by atoms with Crippen LogP contribution in [0.15, 0.2) is 84.9 Å². The number of ketones is 1. The zero-order chi connectivity index (χ0) is 19.5. The molecule has 3 aromatic rings. The fourth-order valence-corrected chi connectivity index (χ4v) is 4.55. The molecule has 0 saturated carbocycles. The van der Waals surface area contributed by atoms with Gasteiger partial charge in [0.15, 0.2) is 5.78 Å². The van der Waals surface area contributed by atoms with Crippen LogP contribution in [-0.2, 0) is 4.79 Å². The van der Waals surface area contributed by atoms with Gasteiger partial charge in [-0.05, 0) is 22.6 Å². The van der Waals surface area contributed by atoms with Crippen molar-refractivity contribution in [1.82, 2.24) is 0 Å². The molecule has 0 aliphatic heterocycles. The Labute approximate surface area is 164 Å². The number of aldehydes is 1. The molecule has 3 aromatic carbocycles. The van der Waals surface area contributed by atoms with Crippen molar-refractivity contribution in [3.05, 3.63) is 107 Å². The van der Waals surface area contributed by atoms with Crippen molar-refractivity contribution in [2.24, 2.45) is 5.92 Å². The van der Waals surface area contributed by atoms with E-state index in [0.29, 0.717) is 5.56 Å². The van der Waals surface area contributed by atoms with Crippen LogP contribution in [0, 0.1) is 5.92 Å². The Balaban J connectivity index is 1.89.